The zero-order valence-corrected chi connectivity index (χ0v) is 12.9. The van der Waals surface area contributed by atoms with Gasteiger partial charge in [0, 0.05) is 35.0 Å². The summed E-state index contributed by atoms with van der Waals surface area (Å²) in [4.78, 5) is 15.8. The topological polar surface area (TPSA) is 44.8 Å². The van der Waals surface area contributed by atoms with Crippen molar-refractivity contribution in [3.63, 3.8) is 0 Å². The fourth-order valence-electron chi connectivity index (χ4n) is 2.69. The van der Waals surface area contributed by atoms with E-state index in [-0.39, 0.29) is 12.1 Å². The first kappa shape index (κ1) is 12.9. The Hall–Kier alpha value is -0.810. The van der Waals surface area contributed by atoms with Crippen molar-refractivity contribution >= 4 is 6.09 Å². The fraction of sp³-hybridized carbons (Fsp3) is 0.933. The van der Waals surface area contributed by atoms with Crippen molar-refractivity contribution in [3.8, 4) is 0 Å². The minimum atomic E-state index is -1.26. The van der Waals surface area contributed by atoms with Crippen LogP contribution in [0.25, 0.3) is 0 Å². The van der Waals surface area contributed by atoms with Gasteiger partial charge in [-0.05, 0) is 53.1 Å². The van der Waals surface area contributed by atoms with Crippen molar-refractivity contribution in [2.24, 2.45) is 0 Å². The Labute approximate surface area is 125 Å². The number of likely N-dealkylation sites (tertiary alicyclic amines) is 1. The lowest BCUT2D eigenvalue weighted by atomic mass is 10.0. The molecule has 2 aliphatic rings. The number of carbonyl (C=O) groups is 1. The molecular weight excluding hydrogens is 254 g/mol. The molecular formula is C15H29N3O2. The summed E-state index contributed by atoms with van der Waals surface area (Å²) >= 11 is 0. The molecule has 0 aliphatic carbocycles. The summed E-state index contributed by atoms with van der Waals surface area (Å²) in [7, 11) is 0. The Bertz CT molecular complexity index is 391. The second-order valence-electron chi connectivity index (χ2n) is 6.55. The highest BCUT2D eigenvalue weighted by atomic mass is 16.6. The lowest BCUT2D eigenvalue weighted by Crippen LogP contribution is -2.48. The Morgan fingerprint density at radius 3 is 2.60 bits per heavy atom. The smallest absolute Gasteiger partial charge is 0.410 e. The molecule has 0 aromatic carbocycles. The second-order valence-corrected chi connectivity index (χ2v) is 6.55. The molecule has 1 N–H and O–H groups in total. The molecule has 2 rings (SSSR count). The van der Waals surface area contributed by atoms with Gasteiger partial charge in [-0.25, -0.2) is 4.79 Å². The van der Waals surface area contributed by atoms with Crippen LogP contribution in [-0.4, -0.2) is 66.8 Å². The molecule has 0 saturated carbocycles. The van der Waals surface area contributed by atoms with Crippen LogP contribution in [0.4, 0.5) is 4.79 Å². The van der Waals surface area contributed by atoms with Crippen LogP contribution >= 0.6 is 0 Å². The van der Waals surface area contributed by atoms with Crippen molar-refractivity contribution < 1.29 is 12.3 Å². The third-order valence-corrected chi connectivity index (χ3v) is 3.70. The quantitative estimate of drug-likeness (QED) is 0.796. The van der Waals surface area contributed by atoms with Crippen LogP contribution in [0.1, 0.15) is 42.8 Å². The number of hydrogen-bond donors (Lipinski definition) is 1. The molecule has 0 spiro atoms. The van der Waals surface area contributed by atoms with Gasteiger partial charge in [-0.2, -0.15) is 0 Å². The maximum absolute atomic E-state index is 12.1. The predicted molar refractivity (Wildman–Crippen MR) is 79.9 cm³/mol. The molecule has 0 aromatic heterocycles. The van der Waals surface area contributed by atoms with Crippen LogP contribution < -0.4 is 5.32 Å². The standard InChI is InChI=1S/C15H29N3O2/c1-15(2,3)20-14(19)18-10-5-13(6-11-18)17-9-4-7-16-8-12-17/h13,16H,4-12H2,1-3H3/i9D2. The second kappa shape index (κ2) is 6.76. The number of ether oxygens (including phenoxy) is 1. The molecule has 0 unspecified atom stereocenters. The van der Waals surface area contributed by atoms with Crippen molar-refractivity contribution in [2.45, 2.75) is 51.7 Å². The van der Waals surface area contributed by atoms with E-state index in [4.69, 9.17) is 7.48 Å². The summed E-state index contributed by atoms with van der Waals surface area (Å²) in [5.41, 5.74) is -0.470. The van der Waals surface area contributed by atoms with Crippen molar-refractivity contribution in [1.29, 1.82) is 0 Å². The first-order valence-corrected chi connectivity index (χ1v) is 7.64. The van der Waals surface area contributed by atoms with Gasteiger partial charge in [0.05, 0.1) is 0 Å². The van der Waals surface area contributed by atoms with Crippen LogP contribution in [0.5, 0.6) is 0 Å². The third-order valence-electron chi connectivity index (χ3n) is 3.70. The van der Waals surface area contributed by atoms with Gasteiger partial charge in [0.2, 0.25) is 0 Å². The molecule has 2 saturated heterocycles. The minimum Gasteiger partial charge on any atom is -0.444 e. The average molecular weight is 285 g/mol. The zero-order valence-electron chi connectivity index (χ0n) is 14.9. The number of rotatable bonds is 1. The molecule has 2 aliphatic heterocycles. The highest BCUT2D eigenvalue weighted by Gasteiger charge is 2.29. The number of carbonyl (C=O) groups excluding carboxylic acids is 1. The van der Waals surface area contributed by atoms with Gasteiger partial charge in [0.25, 0.3) is 0 Å². The van der Waals surface area contributed by atoms with Crippen LogP contribution in [0.2, 0.25) is 0 Å². The first-order chi connectivity index (χ1) is 10.2. The molecule has 0 aromatic rings. The number of nitrogens with one attached hydrogen (secondary N) is 1. The lowest BCUT2D eigenvalue weighted by Gasteiger charge is -2.38. The maximum atomic E-state index is 12.1. The molecule has 0 radical (unpaired) electrons. The first-order valence-electron chi connectivity index (χ1n) is 8.64. The highest BCUT2D eigenvalue weighted by molar-refractivity contribution is 5.68. The Balaban J connectivity index is 1.90. The van der Waals surface area contributed by atoms with E-state index in [1.807, 2.05) is 25.7 Å². The van der Waals surface area contributed by atoms with Crippen molar-refractivity contribution in [2.75, 3.05) is 39.2 Å². The maximum Gasteiger partial charge on any atom is 0.410 e. The minimum absolute atomic E-state index is 0.202. The normalized spacial score (nSPS) is 27.4. The third kappa shape index (κ3) is 4.63. The van der Waals surface area contributed by atoms with Crippen LogP contribution in [0.3, 0.4) is 0 Å². The Morgan fingerprint density at radius 2 is 1.95 bits per heavy atom. The molecule has 5 heteroatoms. The lowest BCUT2D eigenvalue weighted by molar-refractivity contribution is 0.0147. The Kier molecular flexibility index (Phi) is 4.36. The number of amides is 1. The molecule has 116 valence electrons. The average Bonchev–Trinajstić information content (AvgIpc) is 2.57. The number of hydrogen-bond acceptors (Lipinski definition) is 4. The molecule has 1 amide bonds. The Morgan fingerprint density at radius 1 is 1.25 bits per heavy atom. The summed E-state index contributed by atoms with van der Waals surface area (Å²) < 4.78 is 21.9. The summed E-state index contributed by atoms with van der Waals surface area (Å²) in [5, 5.41) is 3.26. The molecule has 5 nitrogen and oxygen atoms in total. The molecule has 0 bridgehead atoms. The van der Waals surface area contributed by atoms with Gasteiger partial charge in [-0.15, -0.1) is 0 Å². The van der Waals surface area contributed by atoms with Crippen molar-refractivity contribution in [3.05, 3.63) is 0 Å². The molecule has 2 fully saturated rings. The summed E-state index contributed by atoms with van der Waals surface area (Å²) in [5.74, 6) is 0. The molecule has 2 heterocycles. The zero-order chi connectivity index (χ0) is 16.4. The summed E-state index contributed by atoms with van der Waals surface area (Å²) in [6, 6.07) is 0.202. The number of piperidine rings is 1. The largest absolute Gasteiger partial charge is 0.444 e. The van der Waals surface area contributed by atoms with Crippen LogP contribution in [-0.2, 0) is 4.74 Å². The van der Waals surface area contributed by atoms with E-state index in [0.717, 1.165) is 32.5 Å². The van der Waals surface area contributed by atoms with Gasteiger partial charge < -0.3 is 15.0 Å². The van der Waals surface area contributed by atoms with Gasteiger partial charge >= 0.3 is 6.09 Å². The van der Waals surface area contributed by atoms with Crippen LogP contribution in [0.15, 0.2) is 0 Å². The van der Waals surface area contributed by atoms with Crippen molar-refractivity contribution in [1.82, 2.24) is 15.1 Å². The highest BCUT2D eigenvalue weighted by Crippen LogP contribution is 2.19. The van der Waals surface area contributed by atoms with Gasteiger partial charge in [0.1, 0.15) is 5.60 Å². The monoisotopic (exact) mass is 285 g/mol. The molecule has 0 atom stereocenters. The van der Waals surface area contributed by atoms with Crippen LogP contribution in [0, 0.1) is 0 Å². The van der Waals surface area contributed by atoms with Gasteiger partial charge in [-0.3, -0.25) is 4.90 Å². The van der Waals surface area contributed by atoms with E-state index in [2.05, 4.69) is 5.32 Å². The molecule has 20 heavy (non-hydrogen) atoms. The van der Waals surface area contributed by atoms with Gasteiger partial charge in [0.15, 0.2) is 0 Å². The van der Waals surface area contributed by atoms with Gasteiger partial charge in [-0.1, -0.05) is 0 Å². The summed E-state index contributed by atoms with van der Waals surface area (Å²) in [6.07, 6.45) is 1.86. The fourth-order valence-corrected chi connectivity index (χ4v) is 2.69. The summed E-state index contributed by atoms with van der Waals surface area (Å²) in [6.45, 7) is 7.90. The number of nitrogens with zero attached hydrogens (tertiary/aromatic N) is 2. The van der Waals surface area contributed by atoms with E-state index < -0.39 is 12.1 Å². The predicted octanol–water partition coefficient (Wildman–Crippen LogP) is 1.68. The van der Waals surface area contributed by atoms with E-state index in [1.54, 1.807) is 4.90 Å². The van der Waals surface area contributed by atoms with E-state index in [1.165, 1.54) is 0 Å². The van der Waals surface area contributed by atoms with E-state index in [9.17, 15) is 4.79 Å². The van der Waals surface area contributed by atoms with E-state index >= 15 is 0 Å². The van der Waals surface area contributed by atoms with E-state index in [0.29, 0.717) is 19.5 Å². The SMILES string of the molecule is [2H]C1([2H])CCNCCN1C1CCN(C(=O)OC(C)(C)C)CC1.